The molecular weight excluding hydrogens is 380 g/mol. The number of pyridine rings is 1. The van der Waals surface area contributed by atoms with Crippen LogP contribution >= 0.6 is 0 Å². The van der Waals surface area contributed by atoms with Gasteiger partial charge in [-0.2, -0.15) is 0 Å². The third-order valence-electron chi connectivity index (χ3n) is 5.73. The van der Waals surface area contributed by atoms with Crippen molar-refractivity contribution in [3.05, 3.63) is 65.6 Å². The smallest absolute Gasteiger partial charge is 0.246 e. The number of carbonyl (C=O) groups excluding carboxylic acids is 1. The van der Waals surface area contributed by atoms with Crippen molar-refractivity contribution in [2.24, 2.45) is 5.92 Å². The van der Waals surface area contributed by atoms with Gasteiger partial charge in [0.05, 0.1) is 43.2 Å². The highest BCUT2D eigenvalue weighted by molar-refractivity contribution is 5.82. The van der Waals surface area contributed by atoms with Gasteiger partial charge in [0.1, 0.15) is 0 Å². The molecule has 3 aromatic rings. The summed E-state index contributed by atoms with van der Waals surface area (Å²) in [6.07, 6.45) is 6.41. The molecule has 0 spiro atoms. The Hall–Kier alpha value is -2.90. The number of rotatable bonds is 8. The van der Waals surface area contributed by atoms with E-state index in [9.17, 15) is 4.79 Å². The predicted octanol–water partition coefficient (Wildman–Crippen LogP) is 3.58. The van der Waals surface area contributed by atoms with Crippen LogP contribution in [0.2, 0.25) is 0 Å². The number of aromatic nitrogens is 2. The maximum Gasteiger partial charge on any atom is 0.246 e. The van der Waals surface area contributed by atoms with Crippen LogP contribution in [0.3, 0.4) is 0 Å². The molecule has 1 aromatic carbocycles. The molecule has 0 radical (unpaired) electrons. The van der Waals surface area contributed by atoms with Crippen molar-refractivity contribution in [3.63, 3.8) is 0 Å². The number of hydrazine groups is 1. The van der Waals surface area contributed by atoms with E-state index < -0.39 is 0 Å². The maximum absolute atomic E-state index is 12.2. The summed E-state index contributed by atoms with van der Waals surface area (Å²) in [6.45, 7) is 3.51. The number of anilines is 1. The van der Waals surface area contributed by atoms with Gasteiger partial charge in [0.15, 0.2) is 5.65 Å². The Labute approximate surface area is 175 Å². The summed E-state index contributed by atoms with van der Waals surface area (Å²) in [5.74, 6) is 0.452. The van der Waals surface area contributed by atoms with Crippen LogP contribution in [-0.2, 0) is 20.9 Å². The Morgan fingerprint density at radius 1 is 1.27 bits per heavy atom. The average molecular weight is 406 g/mol. The van der Waals surface area contributed by atoms with Crippen LogP contribution in [-0.4, -0.2) is 28.5 Å². The van der Waals surface area contributed by atoms with Crippen LogP contribution in [0, 0.1) is 5.92 Å². The zero-order valence-corrected chi connectivity index (χ0v) is 17.0. The number of ether oxygens (including phenoxy) is 2. The highest BCUT2D eigenvalue weighted by atomic mass is 16.5. The van der Waals surface area contributed by atoms with Crippen molar-refractivity contribution < 1.29 is 14.3 Å². The van der Waals surface area contributed by atoms with E-state index in [1.165, 1.54) is 18.4 Å². The molecule has 2 N–H and O–H groups in total. The highest BCUT2D eigenvalue weighted by Gasteiger charge is 2.28. The van der Waals surface area contributed by atoms with E-state index in [0.29, 0.717) is 25.7 Å². The van der Waals surface area contributed by atoms with Crippen molar-refractivity contribution in [1.82, 2.24) is 14.8 Å². The van der Waals surface area contributed by atoms with E-state index in [2.05, 4.69) is 35.2 Å². The quantitative estimate of drug-likeness (QED) is 0.559. The number of benzene rings is 1. The van der Waals surface area contributed by atoms with Crippen LogP contribution < -0.4 is 10.9 Å². The zero-order chi connectivity index (χ0) is 20.5. The number of hydrogen-bond acceptors (Lipinski definition) is 5. The molecule has 3 heterocycles. The molecule has 156 valence electrons. The van der Waals surface area contributed by atoms with Gasteiger partial charge in [0, 0.05) is 12.4 Å². The Morgan fingerprint density at radius 3 is 2.77 bits per heavy atom. The number of nitrogens with zero attached hydrogens (tertiary/aromatic N) is 2. The van der Waals surface area contributed by atoms with Gasteiger partial charge >= 0.3 is 0 Å². The zero-order valence-electron chi connectivity index (χ0n) is 17.0. The molecule has 1 aliphatic heterocycles. The number of nitrogens with one attached hydrogen (secondary N) is 2. The third-order valence-corrected chi connectivity index (χ3v) is 5.73. The number of hydrogen-bond donors (Lipinski definition) is 2. The number of imidazole rings is 1. The molecule has 2 aromatic heterocycles. The van der Waals surface area contributed by atoms with Gasteiger partial charge in [-0.25, -0.2) is 4.98 Å². The van der Waals surface area contributed by atoms with E-state index >= 15 is 0 Å². The minimum absolute atomic E-state index is 0.0532. The Balaban J connectivity index is 1.35. The molecule has 1 aliphatic carbocycles. The second kappa shape index (κ2) is 8.08. The van der Waals surface area contributed by atoms with Gasteiger partial charge in [-0.15, -0.1) is 0 Å². The topological polar surface area (TPSA) is 76.9 Å². The molecule has 0 bridgehead atoms. The number of amides is 1. The van der Waals surface area contributed by atoms with E-state index in [0.717, 1.165) is 22.6 Å². The van der Waals surface area contributed by atoms with E-state index in [1.807, 2.05) is 35.7 Å². The van der Waals surface area contributed by atoms with Crippen LogP contribution in [0.15, 0.2) is 48.8 Å². The molecule has 7 nitrogen and oxygen atoms in total. The van der Waals surface area contributed by atoms with Crippen LogP contribution in [0.5, 0.6) is 0 Å². The lowest BCUT2D eigenvalue weighted by Gasteiger charge is -2.25. The Morgan fingerprint density at radius 2 is 2.07 bits per heavy atom. The maximum atomic E-state index is 12.2. The van der Waals surface area contributed by atoms with Gasteiger partial charge in [-0.3, -0.25) is 15.6 Å². The summed E-state index contributed by atoms with van der Waals surface area (Å²) in [5.41, 5.74) is 10.7. The Kier molecular flexibility index (Phi) is 5.14. The minimum atomic E-state index is -0.149. The first-order valence-electron chi connectivity index (χ1n) is 10.5. The monoisotopic (exact) mass is 406 g/mol. The standard InChI is InChI=1S/C23H26N4O3/c1-15(30-12-16-5-3-2-4-6-16)21-11-27-10-18(17-7-8-17)9-20(22(27)24-21)25-26-23(28)19-13-29-14-19/h2-6,9-11,15,17,19,25H,7-8,12-14H2,1H3,(H,26,28). The lowest BCUT2D eigenvalue weighted by atomic mass is 10.1. The minimum Gasteiger partial charge on any atom is -0.380 e. The van der Waals surface area contributed by atoms with E-state index in [4.69, 9.17) is 14.5 Å². The lowest BCUT2D eigenvalue weighted by Crippen LogP contribution is -2.44. The molecule has 5 rings (SSSR count). The lowest BCUT2D eigenvalue weighted by molar-refractivity contribution is -0.138. The van der Waals surface area contributed by atoms with Gasteiger partial charge in [-0.1, -0.05) is 30.3 Å². The first-order valence-corrected chi connectivity index (χ1v) is 10.5. The summed E-state index contributed by atoms with van der Waals surface area (Å²) >= 11 is 0. The predicted molar refractivity (Wildman–Crippen MR) is 113 cm³/mol. The molecule has 1 saturated heterocycles. The summed E-state index contributed by atoms with van der Waals surface area (Å²) in [7, 11) is 0. The normalized spacial score (nSPS) is 17.5. The second-order valence-corrected chi connectivity index (χ2v) is 8.15. The van der Waals surface area contributed by atoms with Gasteiger partial charge in [-0.05, 0) is 42.9 Å². The van der Waals surface area contributed by atoms with Gasteiger partial charge in [0.2, 0.25) is 5.91 Å². The van der Waals surface area contributed by atoms with Crippen molar-refractivity contribution >= 4 is 17.2 Å². The summed E-state index contributed by atoms with van der Waals surface area (Å²) in [5, 5.41) is 0. The van der Waals surface area contributed by atoms with Crippen molar-refractivity contribution in [2.75, 3.05) is 18.6 Å². The molecule has 1 saturated carbocycles. The Bertz CT molecular complexity index is 1040. The number of fused-ring (bicyclic) bond motifs is 1. The summed E-state index contributed by atoms with van der Waals surface area (Å²) < 4.78 is 13.2. The SMILES string of the molecule is CC(OCc1ccccc1)c1cn2cc(C3CC3)cc(NNC(=O)C3COC3)c2n1. The highest BCUT2D eigenvalue weighted by Crippen LogP contribution is 2.41. The second-order valence-electron chi connectivity index (χ2n) is 8.15. The van der Waals surface area contributed by atoms with Gasteiger partial charge in [0.25, 0.3) is 0 Å². The van der Waals surface area contributed by atoms with Crippen molar-refractivity contribution in [2.45, 2.75) is 38.4 Å². The van der Waals surface area contributed by atoms with Crippen molar-refractivity contribution in [1.29, 1.82) is 0 Å². The van der Waals surface area contributed by atoms with Crippen LogP contribution in [0.1, 0.15) is 48.6 Å². The first-order chi connectivity index (χ1) is 14.7. The molecule has 2 fully saturated rings. The molecule has 2 aliphatic rings. The summed E-state index contributed by atoms with van der Waals surface area (Å²) in [6, 6.07) is 12.2. The summed E-state index contributed by atoms with van der Waals surface area (Å²) in [4.78, 5) is 17.0. The number of carbonyl (C=O) groups is 1. The largest absolute Gasteiger partial charge is 0.380 e. The molecule has 1 amide bonds. The fourth-order valence-electron chi connectivity index (χ4n) is 3.57. The van der Waals surface area contributed by atoms with Crippen LogP contribution in [0.25, 0.3) is 5.65 Å². The molecule has 1 atom stereocenters. The average Bonchev–Trinajstić information content (AvgIpc) is 3.48. The van der Waals surface area contributed by atoms with Gasteiger partial charge < -0.3 is 13.9 Å². The molecule has 7 heteroatoms. The molecular formula is C23H26N4O3. The van der Waals surface area contributed by atoms with Crippen molar-refractivity contribution in [3.8, 4) is 0 Å². The van der Waals surface area contributed by atoms with Crippen LogP contribution in [0.4, 0.5) is 5.69 Å². The van der Waals surface area contributed by atoms with E-state index in [-0.39, 0.29) is 17.9 Å². The first kappa shape index (κ1) is 19.1. The van der Waals surface area contributed by atoms with E-state index in [1.54, 1.807) is 0 Å². The fourth-order valence-corrected chi connectivity index (χ4v) is 3.57. The third kappa shape index (κ3) is 4.04. The molecule has 1 unspecified atom stereocenters. The molecule has 30 heavy (non-hydrogen) atoms. The fraction of sp³-hybridized carbons (Fsp3) is 0.391.